The topological polar surface area (TPSA) is 94.9 Å². The van der Waals surface area contributed by atoms with E-state index in [9.17, 15) is 9.59 Å². The van der Waals surface area contributed by atoms with Crippen molar-refractivity contribution < 1.29 is 19.0 Å². The maximum atomic E-state index is 12.2. The van der Waals surface area contributed by atoms with Crippen molar-refractivity contribution in [2.45, 2.75) is 44.8 Å². The largest absolute Gasteiger partial charge is 0.488 e. The van der Waals surface area contributed by atoms with E-state index in [2.05, 4.69) is 15.2 Å². The van der Waals surface area contributed by atoms with E-state index in [4.69, 9.17) is 14.2 Å². The molecule has 9 heteroatoms. The highest BCUT2D eigenvalue weighted by molar-refractivity contribution is 5.85. The molecule has 0 radical (unpaired) electrons. The average molecular weight is 431 g/mol. The Hall–Kier alpha value is -2.81. The summed E-state index contributed by atoms with van der Waals surface area (Å²) in [6.07, 6.45) is 4.27. The third-order valence-electron chi connectivity index (χ3n) is 5.96. The summed E-state index contributed by atoms with van der Waals surface area (Å²) in [4.78, 5) is 30.5. The van der Waals surface area contributed by atoms with Gasteiger partial charge in [-0.1, -0.05) is 0 Å². The van der Waals surface area contributed by atoms with E-state index in [1.54, 1.807) is 18.5 Å². The minimum atomic E-state index is -0.364. The number of nitrogens with zero attached hydrogens (tertiary/aromatic N) is 3. The van der Waals surface area contributed by atoms with E-state index >= 15 is 0 Å². The molecule has 1 aromatic heterocycles. The van der Waals surface area contributed by atoms with Gasteiger partial charge in [-0.2, -0.15) is 0 Å². The quantitative estimate of drug-likeness (QED) is 0.777. The molecular formula is C22H30N4O5. The highest BCUT2D eigenvalue weighted by Gasteiger charge is 2.25. The number of aryl methyl sites for hydroxylation is 1. The lowest BCUT2D eigenvalue weighted by atomic mass is 9.93. The first-order valence-corrected chi connectivity index (χ1v) is 11.0. The van der Waals surface area contributed by atoms with Crippen molar-refractivity contribution in [3.8, 4) is 5.75 Å². The van der Waals surface area contributed by atoms with Crippen molar-refractivity contribution in [3.05, 3.63) is 28.7 Å². The molecule has 1 aromatic carbocycles. The van der Waals surface area contributed by atoms with Gasteiger partial charge in [0.05, 0.1) is 37.6 Å². The lowest BCUT2D eigenvalue weighted by Gasteiger charge is -2.31. The van der Waals surface area contributed by atoms with Gasteiger partial charge < -0.3 is 29.0 Å². The number of nitrogens with one attached hydrogen (secondary N) is 1. The number of alkyl carbamates (subject to hydrolysis) is 1. The summed E-state index contributed by atoms with van der Waals surface area (Å²) < 4.78 is 18.5. The Morgan fingerprint density at radius 2 is 1.97 bits per heavy atom. The van der Waals surface area contributed by atoms with Gasteiger partial charge in [0.25, 0.3) is 5.56 Å². The third-order valence-corrected chi connectivity index (χ3v) is 5.96. The molecule has 2 aromatic rings. The van der Waals surface area contributed by atoms with Crippen LogP contribution in [0.15, 0.2) is 23.1 Å². The standard InChI is InChI=1S/C22H30N4O5/c1-3-30-22(28)24-15-4-6-17(7-5-15)31-19-13-16(26-8-10-29-11-9-26)12-18-21(19)25(2)20(27)14-23-18/h12-15,17H,3-11H2,1-2H3,(H,24,28)/t15-,17+. The zero-order valence-corrected chi connectivity index (χ0v) is 18.1. The summed E-state index contributed by atoms with van der Waals surface area (Å²) >= 11 is 0. The van der Waals surface area contributed by atoms with Crippen molar-refractivity contribution >= 4 is 22.8 Å². The van der Waals surface area contributed by atoms with E-state index in [1.807, 2.05) is 12.1 Å². The van der Waals surface area contributed by atoms with Crippen molar-refractivity contribution in [1.82, 2.24) is 14.9 Å². The average Bonchev–Trinajstić information content (AvgIpc) is 2.78. The number of hydrogen-bond donors (Lipinski definition) is 1. The van der Waals surface area contributed by atoms with E-state index in [-0.39, 0.29) is 23.8 Å². The van der Waals surface area contributed by atoms with E-state index in [0.29, 0.717) is 31.1 Å². The van der Waals surface area contributed by atoms with Crippen molar-refractivity contribution in [2.24, 2.45) is 7.05 Å². The number of ether oxygens (including phenoxy) is 3. The van der Waals surface area contributed by atoms with Crippen LogP contribution in [-0.2, 0) is 16.5 Å². The minimum absolute atomic E-state index is 0.0127. The van der Waals surface area contributed by atoms with Crippen LogP contribution in [0.4, 0.5) is 10.5 Å². The molecule has 0 unspecified atom stereocenters. The molecule has 1 aliphatic carbocycles. The Kier molecular flexibility index (Phi) is 6.60. The van der Waals surface area contributed by atoms with Crippen molar-refractivity contribution in [1.29, 1.82) is 0 Å². The number of fused-ring (bicyclic) bond motifs is 1. The van der Waals surface area contributed by atoms with E-state index < -0.39 is 0 Å². The third kappa shape index (κ3) is 4.92. The molecule has 2 heterocycles. The fourth-order valence-corrected chi connectivity index (χ4v) is 4.27. The molecule has 0 bridgehead atoms. The molecule has 2 fully saturated rings. The fraction of sp³-hybridized carbons (Fsp3) is 0.591. The number of rotatable bonds is 5. The van der Waals surface area contributed by atoms with Gasteiger partial charge in [-0.25, -0.2) is 9.78 Å². The number of aromatic nitrogens is 2. The molecule has 2 aliphatic rings. The minimum Gasteiger partial charge on any atom is -0.488 e. The molecule has 9 nitrogen and oxygen atoms in total. The van der Waals surface area contributed by atoms with Crippen LogP contribution in [0.5, 0.6) is 5.75 Å². The Bertz CT molecular complexity index is 978. The summed E-state index contributed by atoms with van der Waals surface area (Å²) in [5.41, 5.74) is 2.29. The number of morpholine rings is 1. The summed E-state index contributed by atoms with van der Waals surface area (Å²) in [6, 6.07) is 4.12. The second-order valence-electron chi connectivity index (χ2n) is 8.02. The van der Waals surface area contributed by atoms with Crippen LogP contribution in [0.1, 0.15) is 32.6 Å². The van der Waals surface area contributed by atoms with Crippen LogP contribution >= 0.6 is 0 Å². The first kappa shape index (κ1) is 21.4. The van der Waals surface area contributed by atoms with Crippen LogP contribution in [0.25, 0.3) is 11.0 Å². The van der Waals surface area contributed by atoms with Gasteiger partial charge >= 0.3 is 6.09 Å². The molecule has 1 aliphatic heterocycles. The molecule has 1 saturated heterocycles. The normalized spacial score (nSPS) is 21.7. The lowest BCUT2D eigenvalue weighted by Crippen LogP contribution is -2.40. The number of carbonyl (C=O) groups is 1. The molecule has 0 atom stereocenters. The van der Waals surface area contributed by atoms with Crippen LogP contribution in [-0.4, -0.2) is 60.7 Å². The monoisotopic (exact) mass is 430 g/mol. The number of amides is 1. The summed E-state index contributed by atoms with van der Waals surface area (Å²) in [6.45, 7) is 5.15. The van der Waals surface area contributed by atoms with Gasteiger partial charge in [-0.05, 0) is 38.7 Å². The molecule has 31 heavy (non-hydrogen) atoms. The second kappa shape index (κ2) is 9.55. The van der Waals surface area contributed by atoms with Gasteiger partial charge in [-0.15, -0.1) is 0 Å². The number of hydrogen-bond acceptors (Lipinski definition) is 7. The predicted octanol–water partition coefficient (Wildman–Crippen LogP) is 2.21. The van der Waals surface area contributed by atoms with E-state index in [1.165, 1.54) is 6.20 Å². The molecular weight excluding hydrogens is 400 g/mol. The zero-order chi connectivity index (χ0) is 21.8. The van der Waals surface area contributed by atoms with Crippen molar-refractivity contribution in [2.75, 3.05) is 37.8 Å². The molecule has 0 spiro atoms. The van der Waals surface area contributed by atoms with Crippen molar-refractivity contribution in [3.63, 3.8) is 0 Å². The zero-order valence-electron chi connectivity index (χ0n) is 18.1. The van der Waals surface area contributed by atoms with Gasteiger partial charge in [0, 0.05) is 37.9 Å². The maximum Gasteiger partial charge on any atom is 0.407 e. The Morgan fingerprint density at radius 1 is 1.23 bits per heavy atom. The number of benzene rings is 1. The smallest absolute Gasteiger partial charge is 0.407 e. The first-order chi connectivity index (χ1) is 15.0. The maximum absolute atomic E-state index is 12.2. The number of anilines is 1. The summed E-state index contributed by atoms with van der Waals surface area (Å²) in [7, 11) is 1.74. The SMILES string of the molecule is CCOC(=O)N[C@H]1CC[C@@H](Oc2cc(N3CCOCC3)cc3ncc(=O)n(C)c23)CC1. The van der Waals surface area contributed by atoms with Crippen LogP contribution in [0.2, 0.25) is 0 Å². The van der Waals surface area contributed by atoms with Crippen LogP contribution < -0.4 is 20.5 Å². The van der Waals surface area contributed by atoms with Gasteiger partial charge in [-0.3, -0.25) is 4.79 Å². The molecule has 4 rings (SSSR count). The van der Waals surface area contributed by atoms with Crippen LogP contribution in [0, 0.1) is 0 Å². The molecule has 1 saturated carbocycles. The summed E-state index contributed by atoms with van der Waals surface area (Å²) in [5, 5.41) is 2.91. The fourth-order valence-electron chi connectivity index (χ4n) is 4.27. The lowest BCUT2D eigenvalue weighted by molar-refractivity contribution is 0.121. The van der Waals surface area contributed by atoms with Crippen LogP contribution in [0.3, 0.4) is 0 Å². The Labute approximate surface area is 181 Å². The van der Waals surface area contributed by atoms with Gasteiger partial charge in [0.2, 0.25) is 0 Å². The Balaban J connectivity index is 1.54. The molecule has 1 N–H and O–H groups in total. The summed E-state index contributed by atoms with van der Waals surface area (Å²) in [5.74, 6) is 0.675. The van der Waals surface area contributed by atoms with E-state index in [0.717, 1.165) is 50.0 Å². The van der Waals surface area contributed by atoms with Gasteiger partial charge in [0.1, 0.15) is 11.3 Å². The molecule has 1 amide bonds. The predicted molar refractivity (Wildman–Crippen MR) is 117 cm³/mol. The highest BCUT2D eigenvalue weighted by atomic mass is 16.5. The van der Waals surface area contributed by atoms with Gasteiger partial charge in [0.15, 0.2) is 0 Å². The highest BCUT2D eigenvalue weighted by Crippen LogP contribution is 2.33. The first-order valence-electron chi connectivity index (χ1n) is 11.0. The Morgan fingerprint density at radius 3 is 2.68 bits per heavy atom. The second-order valence-corrected chi connectivity index (χ2v) is 8.02. The molecule has 168 valence electrons. The number of carbonyl (C=O) groups excluding carboxylic acids is 1.